The summed E-state index contributed by atoms with van der Waals surface area (Å²) in [5, 5.41) is 12.0. The largest absolute Gasteiger partial charge is 0.496 e. The molecule has 0 spiro atoms. The van der Waals surface area contributed by atoms with E-state index in [0.717, 1.165) is 25.0 Å². The number of hydrogen-bond donors (Lipinski definition) is 1. The van der Waals surface area contributed by atoms with Crippen LogP contribution in [-0.2, 0) is 4.74 Å². The van der Waals surface area contributed by atoms with Gasteiger partial charge in [-0.3, -0.25) is 0 Å². The van der Waals surface area contributed by atoms with Gasteiger partial charge in [-0.1, -0.05) is 0 Å². The first kappa shape index (κ1) is 12.9. The first-order valence-electron chi connectivity index (χ1n) is 6.59. The van der Waals surface area contributed by atoms with E-state index < -0.39 is 0 Å². The molecule has 1 saturated heterocycles. The van der Waals surface area contributed by atoms with Crippen LogP contribution in [0.5, 0.6) is 5.75 Å². The quantitative estimate of drug-likeness (QED) is 0.849. The maximum absolute atomic E-state index is 5.86. The fourth-order valence-corrected chi connectivity index (χ4v) is 2.43. The van der Waals surface area contributed by atoms with Crippen molar-refractivity contribution in [2.75, 3.05) is 26.1 Å². The van der Waals surface area contributed by atoms with Crippen LogP contribution in [0.1, 0.15) is 18.9 Å². The number of rotatable bonds is 3. The number of aromatic nitrogens is 4. The number of nitrogens with two attached hydrogens (primary N) is 1. The normalized spacial score (nSPS) is 18.9. The maximum Gasteiger partial charge on any atom is 0.186 e. The number of ether oxygens (including phenoxy) is 2. The summed E-state index contributed by atoms with van der Waals surface area (Å²) in [7, 11) is 1.62. The third-order valence-electron chi connectivity index (χ3n) is 3.44. The Balaban J connectivity index is 2.02. The van der Waals surface area contributed by atoms with Gasteiger partial charge in [-0.05, 0) is 41.5 Å². The minimum Gasteiger partial charge on any atom is -0.496 e. The summed E-state index contributed by atoms with van der Waals surface area (Å²) in [4.78, 5) is 0. The summed E-state index contributed by atoms with van der Waals surface area (Å²) < 4.78 is 12.7. The highest BCUT2D eigenvalue weighted by Crippen LogP contribution is 2.32. The Morgan fingerprint density at radius 2 is 2.35 bits per heavy atom. The highest BCUT2D eigenvalue weighted by atomic mass is 16.5. The van der Waals surface area contributed by atoms with E-state index in [0.29, 0.717) is 23.9 Å². The zero-order valence-electron chi connectivity index (χ0n) is 11.3. The van der Waals surface area contributed by atoms with Crippen molar-refractivity contribution in [1.82, 2.24) is 20.2 Å². The number of tetrazole rings is 1. The Morgan fingerprint density at radius 1 is 1.45 bits per heavy atom. The van der Waals surface area contributed by atoms with Crippen molar-refractivity contribution in [3.05, 3.63) is 18.2 Å². The molecular formula is C13H17N5O2. The summed E-state index contributed by atoms with van der Waals surface area (Å²) in [6, 6.07) is 5.59. The standard InChI is InChI=1S/C13H17N5O2/c1-19-12-5-4-9(14)7-11(12)13-15-16-17-18(13)10-3-2-6-20-8-10/h4-5,7,10H,2-3,6,8,14H2,1H3. The van der Waals surface area contributed by atoms with Crippen LogP contribution in [0.15, 0.2) is 18.2 Å². The number of anilines is 1. The summed E-state index contributed by atoms with van der Waals surface area (Å²) in [5.41, 5.74) is 7.30. The Bertz CT molecular complexity index is 592. The van der Waals surface area contributed by atoms with E-state index in [1.807, 2.05) is 12.1 Å². The van der Waals surface area contributed by atoms with Crippen LogP contribution in [0.25, 0.3) is 11.4 Å². The van der Waals surface area contributed by atoms with Crippen LogP contribution in [0.2, 0.25) is 0 Å². The van der Waals surface area contributed by atoms with Gasteiger partial charge in [-0.2, -0.15) is 0 Å². The predicted octanol–water partition coefficient (Wildman–Crippen LogP) is 1.28. The summed E-state index contributed by atoms with van der Waals surface area (Å²) >= 11 is 0. The zero-order valence-corrected chi connectivity index (χ0v) is 11.3. The molecule has 0 saturated carbocycles. The number of nitrogens with zero attached hydrogens (tertiary/aromatic N) is 4. The van der Waals surface area contributed by atoms with Crippen molar-refractivity contribution < 1.29 is 9.47 Å². The molecule has 0 bridgehead atoms. The van der Waals surface area contributed by atoms with E-state index in [9.17, 15) is 0 Å². The fraction of sp³-hybridized carbons (Fsp3) is 0.462. The monoisotopic (exact) mass is 275 g/mol. The summed E-state index contributed by atoms with van der Waals surface area (Å²) in [6.45, 7) is 1.43. The zero-order chi connectivity index (χ0) is 13.9. The van der Waals surface area contributed by atoms with Gasteiger partial charge in [-0.15, -0.1) is 5.10 Å². The molecule has 2 N–H and O–H groups in total. The van der Waals surface area contributed by atoms with Crippen molar-refractivity contribution in [2.45, 2.75) is 18.9 Å². The maximum atomic E-state index is 5.86. The highest BCUT2D eigenvalue weighted by molar-refractivity contribution is 5.68. The van der Waals surface area contributed by atoms with Gasteiger partial charge in [0.2, 0.25) is 0 Å². The van der Waals surface area contributed by atoms with E-state index in [-0.39, 0.29) is 6.04 Å². The number of methoxy groups -OCH3 is 1. The van der Waals surface area contributed by atoms with Crippen LogP contribution in [0, 0.1) is 0 Å². The van der Waals surface area contributed by atoms with Gasteiger partial charge < -0.3 is 15.2 Å². The molecule has 2 heterocycles. The number of hydrogen-bond acceptors (Lipinski definition) is 6. The molecule has 7 heteroatoms. The molecule has 1 atom stereocenters. The first-order chi connectivity index (χ1) is 9.79. The molecule has 2 aromatic rings. The molecule has 20 heavy (non-hydrogen) atoms. The Hall–Kier alpha value is -2.15. The van der Waals surface area contributed by atoms with Crippen LogP contribution in [0.4, 0.5) is 5.69 Å². The first-order valence-corrected chi connectivity index (χ1v) is 6.59. The van der Waals surface area contributed by atoms with Gasteiger partial charge in [0.25, 0.3) is 0 Å². The van der Waals surface area contributed by atoms with Crippen molar-refractivity contribution in [1.29, 1.82) is 0 Å². The molecule has 3 rings (SSSR count). The van der Waals surface area contributed by atoms with Crippen molar-refractivity contribution >= 4 is 5.69 Å². The average Bonchev–Trinajstić information content (AvgIpc) is 2.97. The van der Waals surface area contributed by atoms with Crippen LogP contribution in [0.3, 0.4) is 0 Å². The van der Waals surface area contributed by atoms with Crippen molar-refractivity contribution in [3.8, 4) is 17.1 Å². The van der Waals surface area contributed by atoms with E-state index in [1.54, 1.807) is 17.9 Å². The molecule has 0 aliphatic carbocycles. The van der Waals surface area contributed by atoms with Crippen LogP contribution in [-0.4, -0.2) is 40.5 Å². The van der Waals surface area contributed by atoms with Gasteiger partial charge in [0.15, 0.2) is 5.82 Å². The van der Waals surface area contributed by atoms with E-state index >= 15 is 0 Å². The molecule has 7 nitrogen and oxygen atoms in total. The van der Waals surface area contributed by atoms with Gasteiger partial charge in [0.05, 0.1) is 25.3 Å². The Morgan fingerprint density at radius 3 is 3.10 bits per heavy atom. The Kier molecular flexibility index (Phi) is 3.51. The molecule has 1 aliphatic heterocycles. The number of nitrogen functional groups attached to an aromatic ring is 1. The second kappa shape index (κ2) is 5.46. The second-order valence-electron chi connectivity index (χ2n) is 4.78. The summed E-state index contributed by atoms with van der Waals surface area (Å²) in [6.07, 6.45) is 2.01. The SMILES string of the molecule is COc1ccc(N)cc1-c1nnnn1C1CCCOC1. The third-order valence-corrected chi connectivity index (χ3v) is 3.44. The lowest BCUT2D eigenvalue weighted by Gasteiger charge is -2.23. The fourth-order valence-electron chi connectivity index (χ4n) is 2.43. The van der Waals surface area contributed by atoms with Gasteiger partial charge in [-0.25, -0.2) is 4.68 Å². The van der Waals surface area contributed by atoms with E-state index in [4.69, 9.17) is 15.2 Å². The molecular weight excluding hydrogens is 258 g/mol. The van der Waals surface area contributed by atoms with Gasteiger partial charge in [0, 0.05) is 12.3 Å². The molecule has 1 fully saturated rings. The molecule has 1 aromatic heterocycles. The molecule has 1 unspecified atom stereocenters. The Labute approximate surface area is 116 Å². The van der Waals surface area contributed by atoms with Gasteiger partial charge >= 0.3 is 0 Å². The molecule has 1 aliphatic rings. The van der Waals surface area contributed by atoms with E-state index in [2.05, 4.69) is 15.5 Å². The third kappa shape index (κ3) is 2.32. The minimum absolute atomic E-state index is 0.153. The second-order valence-corrected chi connectivity index (χ2v) is 4.78. The predicted molar refractivity (Wildman–Crippen MR) is 73.3 cm³/mol. The average molecular weight is 275 g/mol. The van der Waals surface area contributed by atoms with Crippen molar-refractivity contribution in [2.24, 2.45) is 0 Å². The molecule has 106 valence electrons. The minimum atomic E-state index is 0.153. The van der Waals surface area contributed by atoms with Crippen LogP contribution >= 0.6 is 0 Å². The molecule has 1 aromatic carbocycles. The molecule has 0 radical (unpaired) electrons. The topological polar surface area (TPSA) is 88.1 Å². The van der Waals surface area contributed by atoms with Crippen molar-refractivity contribution in [3.63, 3.8) is 0 Å². The lowest BCUT2D eigenvalue weighted by Crippen LogP contribution is -2.23. The summed E-state index contributed by atoms with van der Waals surface area (Å²) in [5.74, 6) is 1.36. The van der Waals surface area contributed by atoms with Crippen LogP contribution < -0.4 is 10.5 Å². The number of benzene rings is 1. The highest BCUT2D eigenvalue weighted by Gasteiger charge is 2.23. The van der Waals surface area contributed by atoms with Gasteiger partial charge in [0.1, 0.15) is 5.75 Å². The molecule has 0 amide bonds. The lowest BCUT2D eigenvalue weighted by atomic mass is 10.1. The smallest absolute Gasteiger partial charge is 0.186 e. The van der Waals surface area contributed by atoms with E-state index in [1.165, 1.54) is 0 Å². The lowest BCUT2D eigenvalue weighted by molar-refractivity contribution is 0.0548.